The van der Waals surface area contributed by atoms with Crippen molar-refractivity contribution >= 4 is 33.5 Å². The summed E-state index contributed by atoms with van der Waals surface area (Å²) in [6, 6.07) is 10.0. The number of carbonyl (C=O) groups is 1. The van der Waals surface area contributed by atoms with Gasteiger partial charge in [0.15, 0.2) is 0 Å². The topological polar surface area (TPSA) is 46.5 Å². The van der Waals surface area contributed by atoms with Crippen molar-refractivity contribution in [3.63, 3.8) is 0 Å². The zero-order valence-electron chi connectivity index (χ0n) is 9.98. The number of ether oxygens (including phenoxy) is 1. The molecule has 0 saturated carbocycles. The van der Waals surface area contributed by atoms with Crippen LogP contribution >= 0.6 is 27.5 Å². The van der Waals surface area contributed by atoms with Crippen molar-refractivity contribution in [3.05, 3.63) is 57.0 Å². The van der Waals surface area contributed by atoms with Gasteiger partial charge in [0.05, 0.1) is 5.02 Å². The second-order valence-corrected chi connectivity index (χ2v) is 5.30. The van der Waals surface area contributed by atoms with Crippen LogP contribution in [0.5, 0.6) is 11.5 Å². The molecule has 0 bridgehead atoms. The average molecular weight is 342 g/mol. The molecule has 0 unspecified atom stereocenters. The molecule has 0 atom stereocenters. The molecule has 0 radical (unpaired) electrons. The first-order valence-electron chi connectivity index (χ1n) is 5.44. The highest BCUT2D eigenvalue weighted by Crippen LogP contribution is 2.33. The standard InChI is InChI=1S/C14H10BrClO3/c1-8-2-5-12(11(16)6-8)19-13-7-9(15)3-4-10(13)14(17)18/h2-7H,1H3,(H,17,18). The van der Waals surface area contributed by atoms with E-state index in [0.717, 1.165) is 10.0 Å². The summed E-state index contributed by atoms with van der Waals surface area (Å²) in [5.74, 6) is -0.383. The summed E-state index contributed by atoms with van der Waals surface area (Å²) >= 11 is 9.35. The third-order valence-corrected chi connectivity index (χ3v) is 3.27. The van der Waals surface area contributed by atoms with Crippen LogP contribution in [0.1, 0.15) is 15.9 Å². The van der Waals surface area contributed by atoms with Gasteiger partial charge in [-0.25, -0.2) is 4.79 Å². The lowest BCUT2D eigenvalue weighted by Gasteiger charge is -2.11. The van der Waals surface area contributed by atoms with Crippen LogP contribution in [0.15, 0.2) is 40.9 Å². The molecule has 2 aromatic rings. The maximum Gasteiger partial charge on any atom is 0.339 e. The smallest absolute Gasteiger partial charge is 0.339 e. The molecule has 0 aliphatic carbocycles. The van der Waals surface area contributed by atoms with Crippen molar-refractivity contribution in [2.24, 2.45) is 0 Å². The number of carboxylic acids is 1. The van der Waals surface area contributed by atoms with Gasteiger partial charge in [-0.1, -0.05) is 33.6 Å². The van der Waals surface area contributed by atoms with Crippen molar-refractivity contribution in [2.75, 3.05) is 0 Å². The minimum Gasteiger partial charge on any atom is -0.478 e. The third kappa shape index (κ3) is 3.28. The molecule has 0 aromatic heterocycles. The molecular formula is C14H10BrClO3. The lowest BCUT2D eigenvalue weighted by atomic mass is 10.2. The summed E-state index contributed by atoms with van der Waals surface area (Å²) in [6.07, 6.45) is 0. The number of aryl methyl sites for hydroxylation is 1. The molecule has 0 heterocycles. The molecule has 0 amide bonds. The molecule has 0 fully saturated rings. The van der Waals surface area contributed by atoms with E-state index in [-0.39, 0.29) is 11.3 Å². The summed E-state index contributed by atoms with van der Waals surface area (Å²) in [5.41, 5.74) is 1.09. The first kappa shape index (κ1) is 13.9. The van der Waals surface area contributed by atoms with Crippen LogP contribution in [0.2, 0.25) is 5.02 Å². The van der Waals surface area contributed by atoms with Gasteiger partial charge in [0.25, 0.3) is 0 Å². The van der Waals surface area contributed by atoms with Crippen LogP contribution < -0.4 is 4.74 Å². The number of rotatable bonds is 3. The van der Waals surface area contributed by atoms with E-state index >= 15 is 0 Å². The molecule has 0 spiro atoms. The van der Waals surface area contributed by atoms with E-state index in [1.165, 1.54) is 6.07 Å². The van der Waals surface area contributed by atoms with Crippen molar-refractivity contribution in [2.45, 2.75) is 6.92 Å². The minimum atomic E-state index is -1.05. The average Bonchev–Trinajstić information content (AvgIpc) is 2.32. The molecule has 2 rings (SSSR count). The molecular weight excluding hydrogens is 332 g/mol. The quantitative estimate of drug-likeness (QED) is 0.863. The Bertz CT molecular complexity index is 641. The van der Waals surface area contributed by atoms with Gasteiger partial charge < -0.3 is 9.84 Å². The lowest BCUT2D eigenvalue weighted by Crippen LogP contribution is -2.00. The van der Waals surface area contributed by atoms with E-state index in [1.54, 1.807) is 24.3 Å². The summed E-state index contributed by atoms with van der Waals surface area (Å²) in [4.78, 5) is 11.1. The fourth-order valence-electron chi connectivity index (χ4n) is 1.56. The van der Waals surface area contributed by atoms with Gasteiger partial charge >= 0.3 is 5.97 Å². The Kier molecular flexibility index (Phi) is 4.12. The Morgan fingerprint density at radius 2 is 1.95 bits per heavy atom. The van der Waals surface area contributed by atoms with Gasteiger partial charge in [0.2, 0.25) is 0 Å². The molecule has 2 aromatic carbocycles. The maximum absolute atomic E-state index is 11.1. The molecule has 3 nitrogen and oxygen atoms in total. The predicted molar refractivity (Wildman–Crippen MR) is 77.4 cm³/mol. The highest BCUT2D eigenvalue weighted by molar-refractivity contribution is 9.10. The van der Waals surface area contributed by atoms with Crippen molar-refractivity contribution in [1.29, 1.82) is 0 Å². The van der Waals surface area contributed by atoms with Gasteiger partial charge in [-0.15, -0.1) is 0 Å². The fraction of sp³-hybridized carbons (Fsp3) is 0.0714. The minimum absolute atomic E-state index is 0.0832. The largest absolute Gasteiger partial charge is 0.478 e. The number of hydrogen-bond acceptors (Lipinski definition) is 2. The van der Waals surface area contributed by atoms with Crippen LogP contribution in [0.4, 0.5) is 0 Å². The van der Waals surface area contributed by atoms with E-state index in [2.05, 4.69) is 15.9 Å². The SMILES string of the molecule is Cc1ccc(Oc2cc(Br)ccc2C(=O)O)c(Cl)c1. The van der Waals surface area contributed by atoms with E-state index in [0.29, 0.717) is 10.8 Å². The highest BCUT2D eigenvalue weighted by atomic mass is 79.9. The maximum atomic E-state index is 11.1. The number of carboxylic acid groups (broad SMARTS) is 1. The van der Waals surface area contributed by atoms with E-state index in [1.807, 2.05) is 13.0 Å². The molecule has 0 aliphatic heterocycles. The first-order chi connectivity index (χ1) is 8.97. The lowest BCUT2D eigenvalue weighted by molar-refractivity contribution is 0.0694. The normalized spacial score (nSPS) is 10.3. The Balaban J connectivity index is 2.42. The Hall–Kier alpha value is -1.52. The van der Waals surface area contributed by atoms with E-state index in [4.69, 9.17) is 21.4 Å². The summed E-state index contributed by atoms with van der Waals surface area (Å²) < 4.78 is 6.33. The number of benzene rings is 2. The number of hydrogen-bond donors (Lipinski definition) is 1. The molecule has 19 heavy (non-hydrogen) atoms. The van der Waals surface area contributed by atoms with Crippen molar-refractivity contribution in [3.8, 4) is 11.5 Å². The first-order valence-corrected chi connectivity index (χ1v) is 6.61. The van der Waals surface area contributed by atoms with E-state index < -0.39 is 5.97 Å². The number of aromatic carboxylic acids is 1. The van der Waals surface area contributed by atoms with Gasteiger partial charge in [-0.2, -0.15) is 0 Å². The van der Waals surface area contributed by atoms with Crippen LogP contribution in [0.3, 0.4) is 0 Å². The summed E-state index contributed by atoms with van der Waals surface area (Å²) in [7, 11) is 0. The van der Waals surface area contributed by atoms with Crippen LogP contribution in [0, 0.1) is 6.92 Å². The van der Waals surface area contributed by atoms with Gasteiger partial charge in [0.1, 0.15) is 17.1 Å². The third-order valence-electron chi connectivity index (χ3n) is 2.48. The Labute approximate surface area is 123 Å². The molecule has 98 valence electrons. The van der Waals surface area contributed by atoms with Crippen LogP contribution in [-0.4, -0.2) is 11.1 Å². The second-order valence-electron chi connectivity index (χ2n) is 3.98. The van der Waals surface area contributed by atoms with Crippen LogP contribution in [0.25, 0.3) is 0 Å². The van der Waals surface area contributed by atoms with Gasteiger partial charge in [-0.05, 0) is 42.8 Å². The van der Waals surface area contributed by atoms with E-state index in [9.17, 15) is 4.79 Å². The van der Waals surface area contributed by atoms with Crippen LogP contribution in [-0.2, 0) is 0 Å². The molecule has 0 aliphatic rings. The summed E-state index contributed by atoms with van der Waals surface area (Å²) in [5, 5.41) is 9.56. The Morgan fingerprint density at radius 1 is 1.21 bits per heavy atom. The van der Waals surface area contributed by atoms with Crippen molar-refractivity contribution < 1.29 is 14.6 Å². The summed E-state index contributed by atoms with van der Waals surface area (Å²) in [6.45, 7) is 1.91. The highest BCUT2D eigenvalue weighted by Gasteiger charge is 2.13. The number of halogens is 2. The Morgan fingerprint density at radius 3 is 2.58 bits per heavy atom. The molecule has 5 heteroatoms. The predicted octanol–water partition coefficient (Wildman–Crippen LogP) is 4.90. The fourth-order valence-corrected chi connectivity index (χ4v) is 2.18. The van der Waals surface area contributed by atoms with Gasteiger partial charge in [0, 0.05) is 4.47 Å². The monoisotopic (exact) mass is 340 g/mol. The zero-order chi connectivity index (χ0) is 14.0. The molecule has 1 N–H and O–H groups in total. The van der Waals surface area contributed by atoms with Crippen molar-refractivity contribution in [1.82, 2.24) is 0 Å². The zero-order valence-corrected chi connectivity index (χ0v) is 12.3. The molecule has 0 saturated heterocycles. The second kappa shape index (κ2) is 5.63. The van der Waals surface area contributed by atoms with Gasteiger partial charge in [-0.3, -0.25) is 0 Å².